The van der Waals surface area contributed by atoms with Crippen molar-refractivity contribution in [3.05, 3.63) is 58.1 Å². The van der Waals surface area contributed by atoms with Crippen LogP contribution in [0.1, 0.15) is 26.3 Å². The fourth-order valence-electron chi connectivity index (χ4n) is 1.87. The molecule has 2 rings (SSSR count). The third-order valence-corrected chi connectivity index (χ3v) is 3.54. The lowest BCUT2D eigenvalue weighted by Gasteiger charge is -2.19. The van der Waals surface area contributed by atoms with Crippen LogP contribution in [-0.2, 0) is 5.41 Å². The third kappa shape index (κ3) is 2.88. The topological polar surface area (TPSA) is 0 Å². The van der Waals surface area contributed by atoms with Crippen molar-refractivity contribution in [3.63, 3.8) is 0 Å². The monoisotopic (exact) mass is 278 g/mol. The van der Waals surface area contributed by atoms with E-state index in [1.54, 1.807) is 6.07 Å². The van der Waals surface area contributed by atoms with Crippen molar-refractivity contribution < 1.29 is 0 Å². The lowest BCUT2D eigenvalue weighted by atomic mass is 9.86. The van der Waals surface area contributed by atoms with Crippen LogP contribution in [0.4, 0.5) is 0 Å². The summed E-state index contributed by atoms with van der Waals surface area (Å²) in [6.07, 6.45) is 0. The molecule has 0 atom stereocenters. The Balaban J connectivity index is 2.41. The molecule has 0 aliphatic rings. The molecule has 2 aromatic carbocycles. The van der Waals surface area contributed by atoms with Gasteiger partial charge in [0, 0.05) is 15.6 Å². The fraction of sp³-hybridized carbons (Fsp3) is 0.250. The summed E-state index contributed by atoms with van der Waals surface area (Å²) in [4.78, 5) is 0. The van der Waals surface area contributed by atoms with Crippen molar-refractivity contribution in [3.8, 4) is 11.1 Å². The Morgan fingerprint density at radius 3 is 1.94 bits per heavy atom. The Morgan fingerprint density at radius 2 is 1.44 bits per heavy atom. The average molecular weight is 279 g/mol. The molecule has 0 saturated heterocycles. The first-order valence-corrected chi connectivity index (χ1v) is 6.69. The van der Waals surface area contributed by atoms with Crippen molar-refractivity contribution in [2.75, 3.05) is 0 Å². The van der Waals surface area contributed by atoms with Crippen LogP contribution in [0.2, 0.25) is 10.0 Å². The maximum atomic E-state index is 6.21. The first kappa shape index (κ1) is 13.5. The minimum atomic E-state index is 0.169. The summed E-state index contributed by atoms with van der Waals surface area (Å²) < 4.78 is 0. The Morgan fingerprint density at radius 1 is 0.833 bits per heavy atom. The summed E-state index contributed by atoms with van der Waals surface area (Å²) in [6.45, 7) is 6.62. The van der Waals surface area contributed by atoms with E-state index in [-0.39, 0.29) is 5.41 Å². The Hall–Kier alpha value is -0.980. The van der Waals surface area contributed by atoms with Gasteiger partial charge in [0.15, 0.2) is 0 Å². The quantitative estimate of drug-likeness (QED) is 0.604. The van der Waals surface area contributed by atoms with Gasteiger partial charge < -0.3 is 0 Å². The largest absolute Gasteiger partial charge is 0.0843 e. The van der Waals surface area contributed by atoms with Crippen LogP contribution in [0.25, 0.3) is 11.1 Å². The summed E-state index contributed by atoms with van der Waals surface area (Å²) in [7, 11) is 0. The van der Waals surface area contributed by atoms with Gasteiger partial charge >= 0.3 is 0 Å². The maximum absolute atomic E-state index is 6.21. The van der Waals surface area contributed by atoms with E-state index >= 15 is 0 Å². The number of halogens is 2. The molecule has 94 valence electrons. The van der Waals surface area contributed by atoms with E-state index in [1.165, 1.54) is 5.56 Å². The molecule has 0 unspecified atom stereocenters. The predicted octanol–water partition coefficient (Wildman–Crippen LogP) is 5.96. The van der Waals surface area contributed by atoms with Gasteiger partial charge in [-0.1, -0.05) is 74.3 Å². The van der Waals surface area contributed by atoms with Crippen LogP contribution in [0.5, 0.6) is 0 Å². The molecule has 0 radical (unpaired) electrons. The Kier molecular flexibility index (Phi) is 3.70. The standard InChI is InChI=1S/C16H16Cl2/c1-16(2,3)12-6-4-11(5-7-12)14-9-8-13(17)10-15(14)18/h4-10H,1-3H3. The highest BCUT2D eigenvalue weighted by atomic mass is 35.5. The second kappa shape index (κ2) is 4.95. The Bertz CT molecular complexity index is 548. The van der Waals surface area contributed by atoms with Gasteiger partial charge in [-0.15, -0.1) is 0 Å². The van der Waals surface area contributed by atoms with Crippen molar-refractivity contribution in [1.82, 2.24) is 0 Å². The van der Waals surface area contributed by atoms with E-state index in [0.29, 0.717) is 10.0 Å². The van der Waals surface area contributed by atoms with Crippen molar-refractivity contribution in [1.29, 1.82) is 0 Å². The minimum Gasteiger partial charge on any atom is -0.0843 e. The summed E-state index contributed by atoms with van der Waals surface area (Å²) in [5.41, 5.74) is 3.62. The van der Waals surface area contributed by atoms with Gasteiger partial charge in [0.1, 0.15) is 0 Å². The average Bonchev–Trinajstić information content (AvgIpc) is 2.28. The third-order valence-electron chi connectivity index (χ3n) is 2.99. The van der Waals surface area contributed by atoms with Gasteiger partial charge in [-0.3, -0.25) is 0 Å². The summed E-state index contributed by atoms with van der Waals surface area (Å²) in [5, 5.41) is 1.35. The van der Waals surface area contributed by atoms with Crippen molar-refractivity contribution in [2.45, 2.75) is 26.2 Å². The molecule has 0 nitrogen and oxygen atoms in total. The maximum Gasteiger partial charge on any atom is 0.0499 e. The zero-order chi connectivity index (χ0) is 13.3. The summed E-state index contributed by atoms with van der Waals surface area (Å²) >= 11 is 12.1. The van der Waals surface area contributed by atoms with Crippen LogP contribution < -0.4 is 0 Å². The fourth-order valence-corrected chi connectivity index (χ4v) is 2.39. The van der Waals surface area contributed by atoms with E-state index in [0.717, 1.165) is 11.1 Å². The van der Waals surface area contributed by atoms with E-state index < -0.39 is 0 Å². The molecule has 0 aliphatic heterocycles. The van der Waals surface area contributed by atoms with Crippen LogP contribution in [0, 0.1) is 0 Å². The van der Waals surface area contributed by atoms with Gasteiger partial charge in [-0.05, 0) is 28.7 Å². The molecule has 0 fully saturated rings. The minimum absolute atomic E-state index is 0.169. The number of hydrogen-bond acceptors (Lipinski definition) is 0. The smallest absolute Gasteiger partial charge is 0.0499 e. The van der Waals surface area contributed by atoms with Crippen molar-refractivity contribution >= 4 is 23.2 Å². The van der Waals surface area contributed by atoms with Crippen LogP contribution in [0.3, 0.4) is 0 Å². The zero-order valence-corrected chi connectivity index (χ0v) is 12.3. The lowest BCUT2D eigenvalue weighted by molar-refractivity contribution is 0.590. The van der Waals surface area contributed by atoms with Crippen molar-refractivity contribution in [2.24, 2.45) is 0 Å². The highest BCUT2D eigenvalue weighted by Gasteiger charge is 2.13. The highest BCUT2D eigenvalue weighted by Crippen LogP contribution is 2.32. The molecule has 0 amide bonds. The van der Waals surface area contributed by atoms with E-state index in [2.05, 4.69) is 45.0 Å². The van der Waals surface area contributed by atoms with Gasteiger partial charge in [0.2, 0.25) is 0 Å². The number of hydrogen-bond donors (Lipinski definition) is 0. The second-order valence-corrected chi connectivity index (χ2v) is 6.30. The summed E-state index contributed by atoms with van der Waals surface area (Å²) in [5.74, 6) is 0. The van der Waals surface area contributed by atoms with Gasteiger partial charge in [0.05, 0.1) is 0 Å². The molecule has 0 aliphatic carbocycles. The molecular formula is C16H16Cl2. The number of benzene rings is 2. The molecule has 0 N–H and O–H groups in total. The molecule has 0 aromatic heterocycles. The van der Waals surface area contributed by atoms with Crippen LogP contribution in [-0.4, -0.2) is 0 Å². The van der Waals surface area contributed by atoms with Gasteiger partial charge in [-0.25, -0.2) is 0 Å². The molecule has 2 aromatic rings. The van der Waals surface area contributed by atoms with Gasteiger partial charge in [-0.2, -0.15) is 0 Å². The Labute approximate surface area is 119 Å². The summed E-state index contributed by atoms with van der Waals surface area (Å²) in [6, 6.07) is 14.1. The number of rotatable bonds is 1. The molecule has 0 bridgehead atoms. The molecule has 2 heteroatoms. The second-order valence-electron chi connectivity index (χ2n) is 5.45. The SMILES string of the molecule is CC(C)(C)c1ccc(-c2ccc(Cl)cc2Cl)cc1. The zero-order valence-electron chi connectivity index (χ0n) is 10.8. The first-order chi connectivity index (χ1) is 8.38. The van der Waals surface area contributed by atoms with E-state index in [9.17, 15) is 0 Å². The predicted molar refractivity (Wildman–Crippen MR) is 80.6 cm³/mol. The molecule has 0 saturated carbocycles. The molecule has 0 heterocycles. The van der Waals surface area contributed by atoms with E-state index in [4.69, 9.17) is 23.2 Å². The lowest BCUT2D eigenvalue weighted by Crippen LogP contribution is -2.10. The van der Waals surface area contributed by atoms with Gasteiger partial charge in [0.25, 0.3) is 0 Å². The van der Waals surface area contributed by atoms with E-state index in [1.807, 2.05) is 12.1 Å². The highest BCUT2D eigenvalue weighted by molar-refractivity contribution is 6.36. The van der Waals surface area contributed by atoms with Crippen LogP contribution in [0.15, 0.2) is 42.5 Å². The molecule has 18 heavy (non-hydrogen) atoms. The van der Waals surface area contributed by atoms with Crippen LogP contribution >= 0.6 is 23.2 Å². The molecule has 0 spiro atoms. The first-order valence-electron chi connectivity index (χ1n) is 5.94. The normalized spacial score (nSPS) is 11.6. The molecular weight excluding hydrogens is 263 g/mol.